The molecule has 1 N–H and O–H groups in total. The summed E-state index contributed by atoms with van der Waals surface area (Å²) in [4.78, 5) is 29.1. The van der Waals surface area contributed by atoms with Gasteiger partial charge in [-0.25, -0.2) is 0 Å². The zero-order valence-electron chi connectivity index (χ0n) is 21.2. The van der Waals surface area contributed by atoms with E-state index in [1.54, 1.807) is 7.11 Å². The van der Waals surface area contributed by atoms with Crippen LogP contribution in [0.5, 0.6) is 5.75 Å². The fourth-order valence-electron chi connectivity index (χ4n) is 5.07. The monoisotopic (exact) mass is 485 g/mol. The van der Waals surface area contributed by atoms with Crippen molar-refractivity contribution < 1.29 is 9.53 Å². The van der Waals surface area contributed by atoms with E-state index in [1.165, 1.54) is 16.3 Å². The minimum Gasteiger partial charge on any atom is -0.497 e. The van der Waals surface area contributed by atoms with Crippen LogP contribution in [0.4, 0.5) is 5.69 Å². The molecular weight excluding hydrogens is 454 g/mol. The molecule has 0 atom stereocenters. The third kappa shape index (κ3) is 4.28. The number of amides is 1. The Morgan fingerprint density at radius 1 is 1.14 bits per heavy atom. The van der Waals surface area contributed by atoms with E-state index in [9.17, 15) is 9.59 Å². The summed E-state index contributed by atoms with van der Waals surface area (Å²) in [6, 6.07) is 13.9. The zero-order valence-corrected chi connectivity index (χ0v) is 21.2. The first-order valence-corrected chi connectivity index (χ1v) is 12.3. The van der Waals surface area contributed by atoms with Crippen molar-refractivity contribution in [2.45, 2.75) is 46.8 Å². The summed E-state index contributed by atoms with van der Waals surface area (Å²) in [6.07, 6.45) is 2.23. The molecule has 2 aromatic carbocycles. The molecule has 0 unspecified atom stereocenters. The second-order valence-electron chi connectivity index (χ2n) is 9.35. The standard InChI is InChI=1S/C28H31N5O3/c1-5-32-25-12-13-31(16-20-7-9-21(36-4)10-8-20)17-23(25)28(35)33-27(32)22(15-29-33)26(34)30-24-11-6-18(2)14-19(24)3/h6-11,14-15H,5,12-13,16-17H2,1-4H3,(H,30,34). The summed E-state index contributed by atoms with van der Waals surface area (Å²) >= 11 is 0. The number of anilines is 1. The smallest absolute Gasteiger partial charge is 0.279 e. The lowest BCUT2D eigenvalue weighted by Crippen LogP contribution is -2.38. The van der Waals surface area contributed by atoms with Gasteiger partial charge in [0.1, 0.15) is 11.3 Å². The van der Waals surface area contributed by atoms with Gasteiger partial charge in [-0.15, -0.1) is 0 Å². The number of carbonyl (C=O) groups excluding carboxylic acids is 1. The first-order valence-electron chi connectivity index (χ1n) is 12.3. The van der Waals surface area contributed by atoms with Crippen LogP contribution < -0.4 is 15.6 Å². The van der Waals surface area contributed by atoms with E-state index >= 15 is 0 Å². The predicted molar refractivity (Wildman–Crippen MR) is 140 cm³/mol. The number of benzene rings is 2. The maximum Gasteiger partial charge on any atom is 0.279 e. The van der Waals surface area contributed by atoms with E-state index in [0.717, 1.165) is 53.3 Å². The van der Waals surface area contributed by atoms with Crippen molar-refractivity contribution in [2.24, 2.45) is 0 Å². The molecule has 1 aliphatic rings. The quantitative estimate of drug-likeness (QED) is 0.447. The van der Waals surface area contributed by atoms with Crippen LogP contribution in [-0.2, 0) is 26.1 Å². The van der Waals surface area contributed by atoms with E-state index < -0.39 is 0 Å². The molecular formula is C28H31N5O3. The molecule has 0 saturated carbocycles. The summed E-state index contributed by atoms with van der Waals surface area (Å²) in [5.41, 5.74) is 6.56. The molecule has 186 valence electrons. The Bertz CT molecular complexity index is 1500. The molecule has 0 aliphatic carbocycles. The fourth-order valence-corrected chi connectivity index (χ4v) is 5.07. The molecule has 1 aliphatic heterocycles. The number of nitrogens with one attached hydrogen (secondary N) is 1. The summed E-state index contributed by atoms with van der Waals surface area (Å²) in [7, 11) is 1.66. The Kier molecular flexibility index (Phi) is 6.36. The van der Waals surface area contributed by atoms with Crippen LogP contribution in [0.1, 0.15) is 45.2 Å². The lowest BCUT2D eigenvalue weighted by Gasteiger charge is -2.30. The molecule has 2 aromatic heterocycles. The number of aryl methyl sites for hydroxylation is 3. The maximum atomic E-state index is 13.5. The van der Waals surface area contributed by atoms with Crippen molar-refractivity contribution in [3.63, 3.8) is 0 Å². The van der Waals surface area contributed by atoms with Crippen molar-refractivity contribution in [3.8, 4) is 5.75 Å². The highest BCUT2D eigenvalue weighted by molar-refractivity contribution is 6.08. The van der Waals surface area contributed by atoms with E-state index in [1.807, 2.05) is 51.1 Å². The van der Waals surface area contributed by atoms with Crippen molar-refractivity contribution in [1.29, 1.82) is 0 Å². The molecule has 1 amide bonds. The largest absolute Gasteiger partial charge is 0.497 e. The topological polar surface area (TPSA) is 80.9 Å². The molecule has 0 bridgehead atoms. The van der Waals surface area contributed by atoms with E-state index in [0.29, 0.717) is 24.3 Å². The van der Waals surface area contributed by atoms with Crippen LogP contribution in [-0.4, -0.2) is 38.6 Å². The molecule has 0 fully saturated rings. The average Bonchev–Trinajstić information content (AvgIpc) is 3.32. The van der Waals surface area contributed by atoms with Gasteiger partial charge in [0.25, 0.3) is 11.5 Å². The summed E-state index contributed by atoms with van der Waals surface area (Å²) in [6.45, 7) is 8.77. The molecule has 8 nitrogen and oxygen atoms in total. The minimum atomic E-state index is -0.268. The van der Waals surface area contributed by atoms with Gasteiger partial charge in [0.2, 0.25) is 0 Å². The van der Waals surface area contributed by atoms with Gasteiger partial charge in [-0.3, -0.25) is 14.5 Å². The van der Waals surface area contributed by atoms with E-state index in [4.69, 9.17) is 4.74 Å². The van der Waals surface area contributed by atoms with Crippen molar-refractivity contribution in [2.75, 3.05) is 19.0 Å². The number of rotatable bonds is 6. The predicted octanol–water partition coefficient (Wildman–Crippen LogP) is 3.95. The molecule has 0 saturated heterocycles. The van der Waals surface area contributed by atoms with Crippen LogP contribution in [0.2, 0.25) is 0 Å². The number of aromatic nitrogens is 3. The average molecular weight is 486 g/mol. The van der Waals surface area contributed by atoms with Gasteiger partial charge in [0.05, 0.1) is 18.9 Å². The highest BCUT2D eigenvalue weighted by atomic mass is 16.5. The molecule has 36 heavy (non-hydrogen) atoms. The number of nitrogens with zero attached hydrogens (tertiary/aromatic N) is 4. The highest BCUT2D eigenvalue weighted by Crippen LogP contribution is 2.24. The van der Waals surface area contributed by atoms with E-state index in [-0.39, 0.29) is 11.5 Å². The van der Waals surface area contributed by atoms with Gasteiger partial charge in [0.15, 0.2) is 5.65 Å². The van der Waals surface area contributed by atoms with Gasteiger partial charge < -0.3 is 14.6 Å². The lowest BCUT2D eigenvalue weighted by molar-refractivity contribution is 0.102. The molecule has 5 rings (SSSR count). The van der Waals surface area contributed by atoms with Gasteiger partial charge in [-0.2, -0.15) is 9.61 Å². The summed E-state index contributed by atoms with van der Waals surface area (Å²) < 4.78 is 8.71. The Morgan fingerprint density at radius 2 is 1.92 bits per heavy atom. The van der Waals surface area contributed by atoms with Crippen molar-refractivity contribution >= 4 is 17.2 Å². The van der Waals surface area contributed by atoms with Gasteiger partial charge in [-0.1, -0.05) is 29.8 Å². The number of ether oxygens (including phenoxy) is 1. The Morgan fingerprint density at radius 3 is 2.61 bits per heavy atom. The van der Waals surface area contributed by atoms with Gasteiger partial charge in [-0.05, 0) is 50.1 Å². The Labute approximate surface area is 210 Å². The van der Waals surface area contributed by atoms with Crippen LogP contribution in [0, 0.1) is 13.8 Å². The SMILES string of the molecule is CCn1c2c(c(=O)n3ncc(C(=O)Nc4ccc(C)cc4C)c13)CN(Cc1ccc(OC)cc1)CC2. The number of methoxy groups -OCH3 is 1. The molecule has 8 heteroatoms. The first kappa shape index (κ1) is 23.8. The number of hydrogen-bond donors (Lipinski definition) is 1. The van der Waals surface area contributed by atoms with E-state index in [2.05, 4.69) is 32.0 Å². The second kappa shape index (κ2) is 9.62. The van der Waals surface area contributed by atoms with Gasteiger partial charge >= 0.3 is 0 Å². The Hall–Kier alpha value is -3.91. The lowest BCUT2D eigenvalue weighted by atomic mass is 10.0. The number of hydrogen-bond acceptors (Lipinski definition) is 5. The van der Waals surface area contributed by atoms with Gasteiger partial charge in [0, 0.05) is 44.0 Å². The number of fused-ring (bicyclic) bond motifs is 2. The van der Waals surface area contributed by atoms with Crippen LogP contribution in [0.25, 0.3) is 5.65 Å². The summed E-state index contributed by atoms with van der Waals surface area (Å²) in [5, 5.41) is 7.35. The summed E-state index contributed by atoms with van der Waals surface area (Å²) in [5.74, 6) is 0.558. The first-order chi connectivity index (χ1) is 17.4. The molecule has 0 spiro atoms. The highest BCUT2D eigenvalue weighted by Gasteiger charge is 2.27. The van der Waals surface area contributed by atoms with Crippen molar-refractivity contribution in [3.05, 3.63) is 92.5 Å². The normalized spacial score (nSPS) is 13.6. The fraction of sp³-hybridized carbons (Fsp3) is 0.321. The zero-order chi connectivity index (χ0) is 25.4. The third-order valence-electron chi connectivity index (χ3n) is 6.93. The van der Waals surface area contributed by atoms with Crippen LogP contribution in [0.3, 0.4) is 0 Å². The second-order valence-corrected chi connectivity index (χ2v) is 9.35. The van der Waals surface area contributed by atoms with Crippen molar-refractivity contribution in [1.82, 2.24) is 19.1 Å². The maximum absolute atomic E-state index is 13.5. The number of carbonyl (C=O) groups is 1. The van der Waals surface area contributed by atoms with Crippen LogP contribution >= 0.6 is 0 Å². The third-order valence-corrected chi connectivity index (χ3v) is 6.93. The molecule has 0 radical (unpaired) electrons. The molecule has 3 heterocycles. The van der Waals surface area contributed by atoms with Crippen LogP contribution in [0.15, 0.2) is 53.5 Å². The minimum absolute atomic E-state index is 0.158. The molecule has 4 aromatic rings. The Balaban J connectivity index is 1.47.